The summed E-state index contributed by atoms with van der Waals surface area (Å²) in [6, 6.07) is 17.7. The summed E-state index contributed by atoms with van der Waals surface area (Å²) in [7, 11) is 0. The summed E-state index contributed by atoms with van der Waals surface area (Å²) < 4.78 is 5.46. The summed E-state index contributed by atoms with van der Waals surface area (Å²) in [6.45, 7) is 3.71. The number of likely N-dealkylation sites (tertiary alicyclic amines) is 1. The van der Waals surface area contributed by atoms with Crippen LogP contribution < -0.4 is 5.73 Å². The minimum atomic E-state index is 0. The molecular formula is C22H25ClN6O2. The van der Waals surface area contributed by atoms with Crippen LogP contribution in [0, 0.1) is 5.41 Å². The van der Waals surface area contributed by atoms with E-state index in [0.29, 0.717) is 24.9 Å². The number of nitrogens with zero attached hydrogens (tertiary/aromatic N) is 4. The third kappa shape index (κ3) is 5.40. The van der Waals surface area contributed by atoms with Crippen LogP contribution in [0.15, 0.2) is 64.3 Å². The van der Waals surface area contributed by atoms with E-state index in [1.165, 1.54) is 0 Å². The fourth-order valence-corrected chi connectivity index (χ4v) is 3.39. The highest BCUT2D eigenvalue weighted by atomic mass is 35.5. The van der Waals surface area contributed by atoms with Crippen molar-refractivity contribution >= 4 is 24.1 Å². The van der Waals surface area contributed by atoms with Gasteiger partial charge in [0.25, 0.3) is 0 Å². The minimum Gasteiger partial charge on any atom is -0.391 e. The quantitative estimate of drug-likeness (QED) is 0.342. The number of hydrogen-bond acceptors (Lipinski definition) is 6. The standard InChI is InChI=1S/C22H24N6O2.ClH/c1-15(26-29-14-16-5-3-2-4-6-16)17-7-9-18(10-8-17)20-25-21(30-27-20)19-11-12-28(13-19)22(23)24;/h2-10,19H,11-14H2,1H3,(H3,23,24);1H. The molecule has 1 atom stereocenters. The van der Waals surface area contributed by atoms with E-state index in [-0.39, 0.29) is 24.3 Å². The smallest absolute Gasteiger partial charge is 0.231 e. The van der Waals surface area contributed by atoms with Crippen molar-refractivity contribution in [1.29, 1.82) is 5.41 Å². The molecule has 1 aliphatic heterocycles. The number of oxime groups is 1. The van der Waals surface area contributed by atoms with E-state index in [1.807, 2.05) is 66.4 Å². The molecule has 4 rings (SSSR count). The highest BCUT2D eigenvalue weighted by Crippen LogP contribution is 2.27. The summed E-state index contributed by atoms with van der Waals surface area (Å²) in [5.74, 6) is 1.32. The Kier molecular flexibility index (Phi) is 7.25. The molecule has 2 heterocycles. The van der Waals surface area contributed by atoms with Gasteiger partial charge in [-0.3, -0.25) is 5.41 Å². The Labute approximate surface area is 187 Å². The predicted octanol–water partition coefficient (Wildman–Crippen LogP) is 3.78. The fraction of sp³-hybridized carbons (Fsp3) is 0.273. The molecule has 1 fully saturated rings. The third-order valence-electron chi connectivity index (χ3n) is 5.16. The molecule has 162 valence electrons. The van der Waals surface area contributed by atoms with Crippen molar-refractivity contribution in [2.75, 3.05) is 13.1 Å². The van der Waals surface area contributed by atoms with Gasteiger partial charge in [-0.05, 0) is 24.5 Å². The van der Waals surface area contributed by atoms with Gasteiger partial charge >= 0.3 is 0 Å². The Morgan fingerprint density at radius 1 is 1.23 bits per heavy atom. The number of nitrogens with two attached hydrogens (primary N) is 1. The molecule has 0 bridgehead atoms. The van der Waals surface area contributed by atoms with Crippen molar-refractivity contribution < 1.29 is 9.36 Å². The minimum absolute atomic E-state index is 0. The largest absolute Gasteiger partial charge is 0.391 e. The van der Waals surface area contributed by atoms with Crippen molar-refractivity contribution in [2.24, 2.45) is 10.9 Å². The molecule has 0 amide bonds. The average molecular weight is 441 g/mol. The van der Waals surface area contributed by atoms with Gasteiger partial charge in [0.05, 0.1) is 11.6 Å². The van der Waals surface area contributed by atoms with Gasteiger partial charge in [-0.1, -0.05) is 64.9 Å². The maximum Gasteiger partial charge on any atom is 0.231 e. The van der Waals surface area contributed by atoms with E-state index >= 15 is 0 Å². The molecule has 2 aromatic carbocycles. The van der Waals surface area contributed by atoms with Crippen LogP contribution in [0.4, 0.5) is 0 Å². The van der Waals surface area contributed by atoms with Crippen LogP contribution in [0.3, 0.4) is 0 Å². The van der Waals surface area contributed by atoms with Gasteiger partial charge in [-0.15, -0.1) is 12.4 Å². The van der Waals surface area contributed by atoms with Crippen LogP contribution >= 0.6 is 12.4 Å². The van der Waals surface area contributed by atoms with Crippen LogP contribution in [-0.2, 0) is 11.4 Å². The lowest BCUT2D eigenvalue weighted by molar-refractivity contribution is 0.130. The molecule has 9 heteroatoms. The van der Waals surface area contributed by atoms with Gasteiger partial charge in [-0.25, -0.2) is 0 Å². The second kappa shape index (κ2) is 10.1. The van der Waals surface area contributed by atoms with E-state index in [2.05, 4.69) is 15.3 Å². The number of nitrogens with one attached hydrogen (secondary N) is 1. The Hall–Kier alpha value is -3.39. The van der Waals surface area contributed by atoms with Crippen molar-refractivity contribution in [3.8, 4) is 11.4 Å². The van der Waals surface area contributed by atoms with Crippen molar-refractivity contribution in [3.63, 3.8) is 0 Å². The molecule has 1 aliphatic rings. The number of aromatic nitrogens is 2. The van der Waals surface area contributed by atoms with Crippen LogP contribution in [-0.4, -0.2) is 39.8 Å². The first kappa shape index (κ1) is 22.3. The molecule has 1 saturated heterocycles. The first-order valence-electron chi connectivity index (χ1n) is 9.84. The SMILES string of the molecule is CC(=NOCc1ccccc1)c1ccc(-c2noc(C3CCN(C(=N)N)C3)n2)cc1.Cl. The number of rotatable bonds is 6. The van der Waals surface area contributed by atoms with Gasteiger partial charge in [0.2, 0.25) is 11.7 Å². The van der Waals surface area contributed by atoms with Crippen molar-refractivity contribution in [3.05, 3.63) is 71.6 Å². The lowest BCUT2D eigenvalue weighted by Crippen LogP contribution is -2.34. The van der Waals surface area contributed by atoms with Crippen LogP contribution in [0.1, 0.15) is 36.3 Å². The maximum atomic E-state index is 7.54. The molecule has 0 aliphatic carbocycles. The average Bonchev–Trinajstić information content (AvgIpc) is 3.44. The maximum absolute atomic E-state index is 7.54. The second-order valence-corrected chi connectivity index (χ2v) is 7.29. The van der Waals surface area contributed by atoms with Gasteiger partial charge in [0.15, 0.2) is 5.96 Å². The van der Waals surface area contributed by atoms with Crippen molar-refractivity contribution in [1.82, 2.24) is 15.0 Å². The van der Waals surface area contributed by atoms with Crippen LogP contribution in [0.5, 0.6) is 0 Å². The number of guanidine groups is 1. The molecule has 31 heavy (non-hydrogen) atoms. The Balaban J connectivity index is 0.00000272. The highest BCUT2D eigenvalue weighted by Gasteiger charge is 2.29. The topological polar surface area (TPSA) is 114 Å². The zero-order chi connectivity index (χ0) is 20.9. The summed E-state index contributed by atoms with van der Waals surface area (Å²) in [5, 5.41) is 15.9. The van der Waals surface area contributed by atoms with E-state index in [9.17, 15) is 0 Å². The molecule has 0 saturated carbocycles. The Morgan fingerprint density at radius 2 is 1.97 bits per heavy atom. The van der Waals surface area contributed by atoms with E-state index in [4.69, 9.17) is 20.5 Å². The monoisotopic (exact) mass is 440 g/mol. The Bertz CT molecular complexity index is 1040. The zero-order valence-electron chi connectivity index (χ0n) is 17.2. The normalized spacial score (nSPS) is 16.1. The molecule has 3 N–H and O–H groups in total. The highest BCUT2D eigenvalue weighted by molar-refractivity contribution is 5.98. The molecule has 3 aromatic rings. The number of halogens is 1. The second-order valence-electron chi connectivity index (χ2n) is 7.29. The van der Waals surface area contributed by atoms with Crippen LogP contribution in [0.2, 0.25) is 0 Å². The van der Waals surface area contributed by atoms with Gasteiger partial charge in [0, 0.05) is 18.7 Å². The number of hydrogen-bond donors (Lipinski definition) is 2. The summed E-state index contributed by atoms with van der Waals surface area (Å²) in [6.07, 6.45) is 0.846. The summed E-state index contributed by atoms with van der Waals surface area (Å²) in [4.78, 5) is 11.8. The van der Waals surface area contributed by atoms with Crippen LogP contribution in [0.25, 0.3) is 11.4 Å². The lowest BCUT2D eigenvalue weighted by atomic mass is 10.1. The van der Waals surface area contributed by atoms with Gasteiger partial charge < -0.3 is 20.0 Å². The van der Waals surface area contributed by atoms with E-state index < -0.39 is 0 Å². The van der Waals surface area contributed by atoms with Crippen molar-refractivity contribution in [2.45, 2.75) is 25.9 Å². The molecule has 0 spiro atoms. The van der Waals surface area contributed by atoms with E-state index in [1.54, 1.807) is 0 Å². The summed E-state index contributed by atoms with van der Waals surface area (Å²) in [5.41, 5.74) is 9.26. The third-order valence-corrected chi connectivity index (χ3v) is 5.16. The molecule has 0 radical (unpaired) electrons. The number of benzene rings is 2. The predicted molar refractivity (Wildman–Crippen MR) is 121 cm³/mol. The summed E-state index contributed by atoms with van der Waals surface area (Å²) >= 11 is 0. The van der Waals surface area contributed by atoms with Gasteiger partial charge in [-0.2, -0.15) is 4.98 Å². The zero-order valence-corrected chi connectivity index (χ0v) is 18.0. The molecular weight excluding hydrogens is 416 g/mol. The molecule has 1 aromatic heterocycles. The first-order chi connectivity index (χ1) is 14.6. The first-order valence-corrected chi connectivity index (χ1v) is 9.84. The van der Waals surface area contributed by atoms with E-state index in [0.717, 1.165) is 35.4 Å². The molecule has 1 unspecified atom stereocenters. The Morgan fingerprint density at radius 3 is 2.65 bits per heavy atom. The fourth-order valence-electron chi connectivity index (χ4n) is 3.39. The van der Waals surface area contributed by atoms with Gasteiger partial charge in [0.1, 0.15) is 6.61 Å². The lowest BCUT2D eigenvalue weighted by Gasteiger charge is -2.14. The molecule has 8 nitrogen and oxygen atoms in total.